The molecule has 2 aromatic rings. The van der Waals surface area contributed by atoms with E-state index in [0.717, 1.165) is 18.7 Å². The van der Waals surface area contributed by atoms with Gasteiger partial charge in [-0.3, -0.25) is 0 Å². The van der Waals surface area contributed by atoms with Gasteiger partial charge in [0.15, 0.2) is 0 Å². The van der Waals surface area contributed by atoms with Crippen LogP contribution < -0.4 is 10.1 Å². The van der Waals surface area contributed by atoms with E-state index in [2.05, 4.69) is 70.5 Å². The molecule has 0 aliphatic rings. The van der Waals surface area contributed by atoms with Gasteiger partial charge in [-0.2, -0.15) is 0 Å². The summed E-state index contributed by atoms with van der Waals surface area (Å²) in [6.45, 7) is 3.11. The number of thiophene rings is 1. The molecule has 1 aromatic heterocycles. The zero-order valence-electron chi connectivity index (χ0n) is 11.2. The molecule has 0 aliphatic carbocycles. The molecule has 2 rings (SSSR count). The van der Waals surface area contributed by atoms with E-state index in [4.69, 9.17) is 4.74 Å². The first kappa shape index (κ1) is 14.8. The van der Waals surface area contributed by atoms with Crippen LogP contribution in [-0.2, 0) is 6.42 Å². The predicted octanol–water partition coefficient (Wildman–Crippen LogP) is 4.25. The standard InChI is InChI=1S/C15H18INOS/c1-3-17-14(15-9-13(18-2)10-19-15)8-11-4-6-12(16)7-5-11/h4-7,9-10,14,17H,3,8H2,1-2H3. The summed E-state index contributed by atoms with van der Waals surface area (Å²) in [6, 6.07) is 11.2. The van der Waals surface area contributed by atoms with Gasteiger partial charge in [0.25, 0.3) is 0 Å². The third-order valence-corrected chi connectivity index (χ3v) is 4.72. The average molecular weight is 387 g/mol. The van der Waals surface area contributed by atoms with Crippen molar-refractivity contribution in [3.63, 3.8) is 0 Å². The van der Waals surface area contributed by atoms with E-state index >= 15 is 0 Å². The van der Waals surface area contributed by atoms with Gasteiger partial charge >= 0.3 is 0 Å². The molecule has 0 spiro atoms. The first-order valence-electron chi connectivity index (χ1n) is 6.33. The summed E-state index contributed by atoms with van der Waals surface area (Å²) in [5, 5.41) is 5.62. The van der Waals surface area contributed by atoms with Crippen molar-refractivity contribution in [2.75, 3.05) is 13.7 Å². The lowest BCUT2D eigenvalue weighted by Gasteiger charge is -2.16. The zero-order chi connectivity index (χ0) is 13.7. The Hall–Kier alpha value is -0.590. The average Bonchev–Trinajstić information content (AvgIpc) is 2.89. The number of methoxy groups -OCH3 is 1. The minimum Gasteiger partial charge on any atom is -0.496 e. The summed E-state index contributed by atoms with van der Waals surface area (Å²) in [5.74, 6) is 0.950. The van der Waals surface area contributed by atoms with Gasteiger partial charge in [-0.25, -0.2) is 0 Å². The van der Waals surface area contributed by atoms with Crippen LogP contribution in [0.3, 0.4) is 0 Å². The molecule has 1 unspecified atom stereocenters. The smallest absolute Gasteiger partial charge is 0.129 e. The van der Waals surface area contributed by atoms with Crippen LogP contribution in [0.1, 0.15) is 23.4 Å². The van der Waals surface area contributed by atoms with Crippen molar-refractivity contribution in [1.82, 2.24) is 5.32 Å². The summed E-state index contributed by atoms with van der Waals surface area (Å²) >= 11 is 4.09. The van der Waals surface area contributed by atoms with Crippen molar-refractivity contribution in [1.29, 1.82) is 0 Å². The van der Waals surface area contributed by atoms with Crippen molar-refractivity contribution < 1.29 is 4.74 Å². The third kappa shape index (κ3) is 4.19. The summed E-state index contributed by atoms with van der Waals surface area (Å²) < 4.78 is 6.55. The van der Waals surface area contributed by atoms with Crippen LogP contribution in [0.5, 0.6) is 5.75 Å². The van der Waals surface area contributed by atoms with Gasteiger partial charge in [0, 0.05) is 19.9 Å². The second kappa shape index (κ2) is 7.26. The van der Waals surface area contributed by atoms with E-state index in [-0.39, 0.29) is 0 Å². The molecule has 1 heterocycles. The maximum Gasteiger partial charge on any atom is 0.129 e. The Morgan fingerprint density at radius 3 is 2.63 bits per heavy atom. The number of likely N-dealkylation sites (N-methyl/N-ethyl adjacent to an activating group) is 1. The molecule has 0 saturated carbocycles. The normalized spacial score (nSPS) is 12.4. The Labute approximate surface area is 132 Å². The van der Waals surface area contributed by atoms with Crippen LogP contribution in [0, 0.1) is 3.57 Å². The van der Waals surface area contributed by atoms with Gasteiger partial charge in [-0.1, -0.05) is 19.1 Å². The van der Waals surface area contributed by atoms with Crippen LogP contribution in [0.25, 0.3) is 0 Å². The van der Waals surface area contributed by atoms with Crippen molar-refractivity contribution in [3.8, 4) is 5.75 Å². The quantitative estimate of drug-likeness (QED) is 0.749. The molecule has 2 nitrogen and oxygen atoms in total. The van der Waals surface area contributed by atoms with Crippen molar-refractivity contribution >= 4 is 33.9 Å². The molecule has 0 bridgehead atoms. The lowest BCUT2D eigenvalue weighted by atomic mass is 10.0. The van der Waals surface area contributed by atoms with Gasteiger partial charge in [0.2, 0.25) is 0 Å². The maximum absolute atomic E-state index is 5.27. The summed E-state index contributed by atoms with van der Waals surface area (Å²) in [6.07, 6.45) is 1.01. The predicted molar refractivity (Wildman–Crippen MR) is 90.2 cm³/mol. The van der Waals surface area contributed by atoms with E-state index in [1.165, 1.54) is 14.0 Å². The van der Waals surface area contributed by atoms with Gasteiger partial charge < -0.3 is 10.1 Å². The number of hydrogen-bond acceptors (Lipinski definition) is 3. The second-order valence-electron chi connectivity index (χ2n) is 4.33. The fraction of sp³-hybridized carbons (Fsp3) is 0.333. The van der Waals surface area contributed by atoms with Crippen LogP contribution in [0.4, 0.5) is 0 Å². The highest BCUT2D eigenvalue weighted by Gasteiger charge is 2.14. The Morgan fingerprint density at radius 2 is 2.05 bits per heavy atom. The molecule has 4 heteroatoms. The van der Waals surface area contributed by atoms with Crippen LogP contribution in [0.2, 0.25) is 0 Å². The number of rotatable bonds is 6. The van der Waals surface area contributed by atoms with E-state index in [1.807, 2.05) is 0 Å². The SMILES string of the molecule is CCNC(Cc1ccc(I)cc1)c1cc(OC)cs1. The van der Waals surface area contributed by atoms with Gasteiger partial charge in [0.05, 0.1) is 7.11 Å². The molecule has 1 atom stereocenters. The lowest BCUT2D eigenvalue weighted by Crippen LogP contribution is -2.22. The Morgan fingerprint density at radius 1 is 1.32 bits per heavy atom. The summed E-state index contributed by atoms with van der Waals surface area (Å²) in [4.78, 5) is 1.33. The Kier molecular flexibility index (Phi) is 5.66. The molecule has 102 valence electrons. The molecule has 1 N–H and O–H groups in total. The van der Waals surface area contributed by atoms with Crippen LogP contribution >= 0.6 is 33.9 Å². The lowest BCUT2D eigenvalue weighted by molar-refractivity contribution is 0.415. The topological polar surface area (TPSA) is 21.3 Å². The minimum atomic E-state index is 0.360. The second-order valence-corrected chi connectivity index (χ2v) is 6.52. The minimum absolute atomic E-state index is 0.360. The molecule has 19 heavy (non-hydrogen) atoms. The van der Waals surface area contributed by atoms with Gasteiger partial charge in [-0.15, -0.1) is 11.3 Å². The largest absolute Gasteiger partial charge is 0.496 e. The number of halogens is 1. The summed E-state index contributed by atoms with van der Waals surface area (Å²) in [7, 11) is 1.72. The van der Waals surface area contributed by atoms with E-state index in [1.54, 1.807) is 18.4 Å². The van der Waals surface area contributed by atoms with Gasteiger partial charge in [-0.05, 0) is 59.3 Å². The monoisotopic (exact) mass is 387 g/mol. The van der Waals surface area contributed by atoms with Crippen molar-refractivity contribution in [2.24, 2.45) is 0 Å². The van der Waals surface area contributed by atoms with Crippen molar-refractivity contribution in [2.45, 2.75) is 19.4 Å². The first-order valence-corrected chi connectivity index (χ1v) is 8.29. The molecular weight excluding hydrogens is 369 g/mol. The highest BCUT2D eigenvalue weighted by Crippen LogP contribution is 2.29. The summed E-state index contributed by atoms with van der Waals surface area (Å²) in [5.41, 5.74) is 1.36. The number of hydrogen-bond donors (Lipinski definition) is 1. The first-order chi connectivity index (χ1) is 9.22. The van der Waals surface area contributed by atoms with E-state index in [0.29, 0.717) is 6.04 Å². The number of nitrogens with one attached hydrogen (secondary N) is 1. The highest BCUT2D eigenvalue weighted by molar-refractivity contribution is 14.1. The molecule has 1 aromatic carbocycles. The molecule has 0 radical (unpaired) electrons. The number of benzene rings is 1. The zero-order valence-corrected chi connectivity index (χ0v) is 14.1. The fourth-order valence-electron chi connectivity index (χ4n) is 2.00. The molecule has 0 amide bonds. The van der Waals surface area contributed by atoms with Crippen molar-refractivity contribution in [3.05, 3.63) is 49.7 Å². The molecule has 0 aliphatic heterocycles. The fourth-order valence-corrected chi connectivity index (χ4v) is 3.29. The Balaban J connectivity index is 2.13. The maximum atomic E-state index is 5.27. The molecular formula is C15H18INOS. The van der Waals surface area contributed by atoms with Crippen LogP contribution in [0.15, 0.2) is 35.7 Å². The molecule has 0 saturated heterocycles. The third-order valence-electron chi connectivity index (χ3n) is 2.98. The molecule has 0 fully saturated rings. The highest BCUT2D eigenvalue weighted by atomic mass is 127. The van der Waals surface area contributed by atoms with E-state index < -0.39 is 0 Å². The van der Waals surface area contributed by atoms with Gasteiger partial charge in [0.1, 0.15) is 5.75 Å². The number of ether oxygens (including phenoxy) is 1. The van der Waals surface area contributed by atoms with Crippen LogP contribution in [-0.4, -0.2) is 13.7 Å². The van der Waals surface area contributed by atoms with E-state index in [9.17, 15) is 0 Å². The Bertz CT molecular complexity index is 509.